The highest BCUT2D eigenvalue weighted by Crippen LogP contribution is 2.15. The Balaban J connectivity index is 2.72. The van der Waals surface area contributed by atoms with Crippen LogP contribution in [0.4, 0.5) is 0 Å². The first-order valence-electron chi connectivity index (χ1n) is 4.54. The van der Waals surface area contributed by atoms with E-state index in [9.17, 15) is 4.79 Å². The summed E-state index contributed by atoms with van der Waals surface area (Å²) in [4.78, 5) is 11.2. The molecule has 0 aromatic heterocycles. The summed E-state index contributed by atoms with van der Waals surface area (Å²) in [6, 6.07) is 5.48. The van der Waals surface area contributed by atoms with Crippen LogP contribution >= 0.6 is 11.6 Å². The molecule has 0 saturated heterocycles. The van der Waals surface area contributed by atoms with Crippen molar-refractivity contribution in [1.82, 2.24) is 0 Å². The largest absolute Gasteiger partial charge is 0.466 e. The third-order valence-corrected chi connectivity index (χ3v) is 2.18. The molecule has 0 heterocycles. The molecule has 76 valence electrons. The normalized spacial score (nSPS) is 9.93. The average molecular weight is 213 g/mol. The van der Waals surface area contributed by atoms with E-state index in [1.165, 1.54) is 0 Å². The number of benzene rings is 1. The number of aryl methyl sites for hydroxylation is 1. The number of rotatable bonds is 3. The van der Waals surface area contributed by atoms with Crippen LogP contribution in [0.1, 0.15) is 18.1 Å². The fraction of sp³-hybridized carbons (Fsp3) is 0.364. The van der Waals surface area contributed by atoms with Gasteiger partial charge in [0.1, 0.15) is 0 Å². The molecule has 1 aromatic carbocycles. The number of esters is 1. The summed E-state index contributed by atoms with van der Waals surface area (Å²) in [7, 11) is 0. The number of ether oxygens (including phenoxy) is 1. The van der Waals surface area contributed by atoms with E-state index in [2.05, 4.69) is 0 Å². The molecular formula is C11H13ClO2. The Morgan fingerprint density at radius 1 is 1.50 bits per heavy atom. The van der Waals surface area contributed by atoms with E-state index >= 15 is 0 Å². The fourth-order valence-electron chi connectivity index (χ4n) is 1.23. The minimum absolute atomic E-state index is 0.196. The van der Waals surface area contributed by atoms with Crippen molar-refractivity contribution < 1.29 is 9.53 Å². The number of carbonyl (C=O) groups excluding carboxylic acids is 1. The fourth-order valence-corrected chi connectivity index (χ4v) is 1.45. The quantitative estimate of drug-likeness (QED) is 0.721. The van der Waals surface area contributed by atoms with Crippen molar-refractivity contribution in [3.8, 4) is 0 Å². The number of carbonyl (C=O) groups is 1. The third kappa shape index (κ3) is 3.04. The summed E-state index contributed by atoms with van der Waals surface area (Å²) >= 11 is 5.80. The van der Waals surface area contributed by atoms with Gasteiger partial charge in [-0.2, -0.15) is 0 Å². The lowest BCUT2D eigenvalue weighted by atomic mass is 10.1. The molecule has 0 bridgehead atoms. The molecule has 0 atom stereocenters. The van der Waals surface area contributed by atoms with Crippen LogP contribution in [0.15, 0.2) is 18.2 Å². The van der Waals surface area contributed by atoms with Crippen molar-refractivity contribution in [2.24, 2.45) is 0 Å². The third-order valence-electron chi connectivity index (χ3n) is 1.94. The van der Waals surface area contributed by atoms with Crippen LogP contribution in [-0.4, -0.2) is 12.6 Å². The van der Waals surface area contributed by atoms with Crippen molar-refractivity contribution in [3.05, 3.63) is 34.3 Å². The molecule has 0 unspecified atom stereocenters. The van der Waals surface area contributed by atoms with Gasteiger partial charge in [-0.3, -0.25) is 4.79 Å². The molecule has 0 radical (unpaired) electrons. The van der Waals surface area contributed by atoms with E-state index in [-0.39, 0.29) is 5.97 Å². The van der Waals surface area contributed by atoms with E-state index in [0.717, 1.165) is 11.1 Å². The van der Waals surface area contributed by atoms with E-state index < -0.39 is 0 Å². The highest BCUT2D eigenvalue weighted by atomic mass is 35.5. The second-order valence-corrected chi connectivity index (χ2v) is 3.49. The second kappa shape index (κ2) is 5.01. The summed E-state index contributed by atoms with van der Waals surface area (Å²) in [5, 5.41) is 0.690. The van der Waals surface area contributed by atoms with Gasteiger partial charge in [0.05, 0.1) is 13.0 Å². The smallest absolute Gasteiger partial charge is 0.310 e. The molecule has 0 aliphatic heterocycles. The molecule has 0 spiro atoms. The van der Waals surface area contributed by atoms with Crippen molar-refractivity contribution in [1.29, 1.82) is 0 Å². The van der Waals surface area contributed by atoms with Crippen molar-refractivity contribution in [2.45, 2.75) is 20.3 Å². The second-order valence-electron chi connectivity index (χ2n) is 3.05. The molecule has 0 saturated carbocycles. The van der Waals surface area contributed by atoms with Crippen LogP contribution < -0.4 is 0 Å². The number of halogens is 1. The SMILES string of the molecule is CCOC(=O)Cc1ccc(Cl)cc1C. The topological polar surface area (TPSA) is 26.3 Å². The van der Waals surface area contributed by atoms with E-state index in [0.29, 0.717) is 18.1 Å². The predicted molar refractivity (Wildman–Crippen MR) is 56.5 cm³/mol. The Morgan fingerprint density at radius 3 is 2.79 bits per heavy atom. The van der Waals surface area contributed by atoms with Crippen LogP contribution in [0, 0.1) is 6.92 Å². The maximum Gasteiger partial charge on any atom is 0.310 e. The van der Waals surface area contributed by atoms with Gasteiger partial charge in [-0.1, -0.05) is 17.7 Å². The molecular weight excluding hydrogens is 200 g/mol. The highest BCUT2D eigenvalue weighted by molar-refractivity contribution is 6.30. The zero-order valence-corrected chi connectivity index (χ0v) is 9.10. The molecule has 0 amide bonds. The maximum atomic E-state index is 11.2. The Kier molecular flexibility index (Phi) is 3.96. The summed E-state index contributed by atoms with van der Waals surface area (Å²) in [5.74, 6) is -0.196. The lowest BCUT2D eigenvalue weighted by Gasteiger charge is -2.05. The standard InChI is InChI=1S/C11H13ClO2/c1-3-14-11(13)7-9-4-5-10(12)6-8(9)2/h4-6H,3,7H2,1-2H3. The van der Waals surface area contributed by atoms with Gasteiger partial charge in [-0.05, 0) is 37.1 Å². The van der Waals surface area contributed by atoms with Gasteiger partial charge >= 0.3 is 5.97 Å². The Labute approximate surface area is 88.8 Å². The van der Waals surface area contributed by atoms with E-state index in [1.807, 2.05) is 19.1 Å². The first-order valence-corrected chi connectivity index (χ1v) is 4.92. The lowest BCUT2D eigenvalue weighted by Crippen LogP contribution is -2.08. The molecule has 2 nitrogen and oxygen atoms in total. The summed E-state index contributed by atoms with van der Waals surface area (Å²) in [6.45, 7) is 4.15. The highest BCUT2D eigenvalue weighted by Gasteiger charge is 2.06. The first kappa shape index (κ1) is 11.1. The van der Waals surface area contributed by atoms with Gasteiger partial charge in [0.2, 0.25) is 0 Å². The lowest BCUT2D eigenvalue weighted by molar-refractivity contribution is -0.142. The predicted octanol–water partition coefficient (Wildman–Crippen LogP) is 2.75. The van der Waals surface area contributed by atoms with Crippen LogP contribution in [0.2, 0.25) is 5.02 Å². The van der Waals surface area contributed by atoms with Crippen molar-refractivity contribution >= 4 is 17.6 Å². The zero-order valence-electron chi connectivity index (χ0n) is 8.34. The monoisotopic (exact) mass is 212 g/mol. The van der Waals surface area contributed by atoms with Crippen LogP contribution in [0.5, 0.6) is 0 Å². The first-order chi connectivity index (χ1) is 6.63. The Morgan fingerprint density at radius 2 is 2.21 bits per heavy atom. The van der Waals surface area contributed by atoms with Gasteiger partial charge in [-0.15, -0.1) is 0 Å². The minimum Gasteiger partial charge on any atom is -0.466 e. The number of hydrogen-bond acceptors (Lipinski definition) is 2. The van der Waals surface area contributed by atoms with Crippen LogP contribution in [-0.2, 0) is 16.0 Å². The van der Waals surface area contributed by atoms with Crippen LogP contribution in [0.25, 0.3) is 0 Å². The zero-order chi connectivity index (χ0) is 10.6. The molecule has 14 heavy (non-hydrogen) atoms. The maximum absolute atomic E-state index is 11.2. The molecule has 3 heteroatoms. The van der Waals surface area contributed by atoms with Gasteiger partial charge < -0.3 is 4.74 Å². The number of hydrogen-bond donors (Lipinski definition) is 0. The van der Waals surface area contributed by atoms with Gasteiger partial charge in [0.15, 0.2) is 0 Å². The summed E-state index contributed by atoms with van der Waals surface area (Å²) in [6.07, 6.45) is 0.316. The molecule has 0 aliphatic rings. The van der Waals surface area contributed by atoms with Crippen molar-refractivity contribution in [2.75, 3.05) is 6.61 Å². The molecule has 1 rings (SSSR count). The van der Waals surface area contributed by atoms with Gasteiger partial charge in [-0.25, -0.2) is 0 Å². The van der Waals surface area contributed by atoms with Crippen molar-refractivity contribution in [3.63, 3.8) is 0 Å². The molecule has 1 aromatic rings. The van der Waals surface area contributed by atoms with Crippen LogP contribution in [0.3, 0.4) is 0 Å². The van der Waals surface area contributed by atoms with E-state index in [1.54, 1.807) is 13.0 Å². The van der Waals surface area contributed by atoms with Gasteiger partial charge in [0, 0.05) is 5.02 Å². The van der Waals surface area contributed by atoms with E-state index in [4.69, 9.17) is 16.3 Å². The van der Waals surface area contributed by atoms with Gasteiger partial charge in [0.25, 0.3) is 0 Å². The average Bonchev–Trinajstić information content (AvgIpc) is 2.10. The summed E-state index contributed by atoms with van der Waals surface area (Å²) in [5.41, 5.74) is 1.98. The summed E-state index contributed by atoms with van der Waals surface area (Å²) < 4.78 is 4.86. The Bertz CT molecular complexity index is 334. The molecule has 0 N–H and O–H groups in total. The Hall–Kier alpha value is -1.02. The molecule has 0 fully saturated rings. The minimum atomic E-state index is -0.196. The molecule has 0 aliphatic carbocycles.